The topological polar surface area (TPSA) is 31.2 Å². The second kappa shape index (κ2) is 6.03. The van der Waals surface area contributed by atoms with E-state index < -0.39 is 13.0 Å². The standard InChI is InChI=1S/C14H11BrF3NO2/c1-19-7-11(12(15)6-13(19)20)10-4-2-3-9(5-10)8-21-14(16,17)18/h2-7H,8H2,1H3. The molecule has 0 bridgehead atoms. The molecule has 0 fully saturated rings. The van der Waals surface area contributed by atoms with Crippen LogP contribution in [-0.2, 0) is 18.4 Å². The molecule has 1 heterocycles. The van der Waals surface area contributed by atoms with Crippen molar-refractivity contribution >= 4 is 15.9 Å². The summed E-state index contributed by atoms with van der Waals surface area (Å²) in [5.74, 6) is 0. The fraction of sp³-hybridized carbons (Fsp3) is 0.214. The number of halogens is 4. The molecular weight excluding hydrogens is 351 g/mol. The van der Waals surface area contributed by atoms with Gasteiger partial charge in [0.1, 0.15) is 0 Å². The Labute approximate surface area is 127 Å². The molecule has 7 heteroatoms. The third kappa shape index (κ3) is 4.18. The van der Waals surface area contributed by atoms with Gasteiger partial charge in [-0.2, -0.15) is 0 Å². The molecule has 0 aliphatic carbocycles. The van der Waals surface area contributed by atoms with Gasteiger partial charge in [0, 0.05) is 29.3 Å². The van der Waals surface area contributed by atoms with Crippen molar-refractivity contribution in [2.75, 3.05) is 0 Å². The van der Waals surface area contributed by atoms with E-state index in [1.54, 1.807) is 37.5 Å². The van der Waals surface area contributed by atoms with Crippen LogP contribution in [0.25, 0.3) is 11.1 Å². The first-order chi connectivity index (χ1) is 9.76. The van der Waals surface area contributed by atoms with Crippen LogP contribution >= 0.6 is 15.9 Å². The number of pyridine rings is 1. The van der Waals surface area contributed by atoms with Gasteiger partial charge < -0.3 is 4.57 Å². The van der Waals surface area contributed by atoms with Crippen LogP contribution in [0, 0.1) is 0 Å². The lowest BCUT2D eigenvalue weighted by molar-refractivity contribution is -0.330. The number of hydrogen-bond donors (Lipinski definition) is 0. The Morgan fingerprint density at radius 2 is 2.00 bits per heavy atom. The molecule has 1 aromatic carbocycles. The fourth-order valence-electron chi connectivity index (χ4n) is 1.81. The lowest BCUT2D eigenvalue weighted by atomic mass is 10.1. The van der Waals surface area contributed by atoms with Gasteiger partial charge in [0.15, 0.2) is 0 Å². The van der Waals surface area contributed by atoms with Gasteiger partial charge in [0.2, 0.25) is 0 Å². The van der Waals surface area contributed by atoms with Gasteiger partial charge in [0.05, 0.1) is 6.61 Å². The van der Waals surface area contributed by atoms with Crippen LogP contribution < -0.4 is 5.56 Å². The highest BCUT2D eigenvalue weighted by Crippen LogP contribution is 2.28. The summed E-state index contributed by atoms with van der Waals surface area (Å²) in [4.78, 5) is 11.5. The molecule has 0 radical (unpaired) electrons. The molecule has 0 amide bonds. The molecule has 21 heavy (non-hydrogen) atoms. The van der Waals surface area contributed by atoms with E-state index in [2.05, 4.69) is 20.7 Å². The fourth-order valence-corrected chi connectivity index (χ4v) is 2.34. The molecule has 0 aliphatic heterocycles. The van der Waals surface area contributed by atoms with Crippen LogP contribution in [-0.4, -0.2) is 10.9 Å². The zero-order valence-electron chi connectivity index (χ0n) is 10.9. The van der Waals surface area contributed by atoms with Crippen LogP contribution in [0.2, 0.25) is 0 Å². The van der Waals surface area contributed by atoms with Crippen LogP contribution in [0.15, 0.2) is 45.8 Å². The van der Waals surface area contributed by atoms with Crippen molar-refractivity contribution in [3.63, 3.8) is 0 Å². The van der Waals surface area contributed by atoms with Gasteiger partial charge in [-0.3, -0.25) is 9.53 Å². The highest BCUT2D eigenvalue weighted by atomic mass is 79.9. The van der Waals surface area contributed by atoms with Crippen LogP contribution in [0.5, 0.6) is 0 Å². The molecule has 0 aliphatic rings. The summed E-state index contributed by atoms with van der Waals surface area (Å²) in [7, 11) is 1.61. The molecule has 1 aromatic heterocycles. The smallest absolute Gasteiger partial charge is 0.318 e. The summed E-state index contributed by atoms with van der Waals surface area (Å²) in [6, 6.07) is 7.94. The zero-order chi connectivity index (χ0) is 15.6. The van der Waals surface area contributed by atoms with Crippen molar-refractivity contribution in [3.05, 3.63) is 56.9 Å². The van der Waals surface area contributed by atoms with Gasteiger partial charge in [-0.25, -0.2) is 0 Å². The second-order valence-electron chi connectivity index (χ2n) is 4.42. The van der Waals surface area contributed by atoms with E-state index in [1.807, 2.05) is 0 Å². The predicted molar refractivity (Wildman–Crippen MR) is 75.7 cm³/mol. The minimum Gasteiger partial charge on any atom is -0.318 e. The molecule has 2 aromatic rings. The normalized spacial score (nSPS) is 11.7. The molecule has 0 spiro atoms. The monoisotopic (exact) mass is 361 g/mol. The lowest BCUT2D eigenvalue weighted by Crippen LogP contribution is -2.15. The SMILES string of the molecule is Cn1cc(-c2cccc(COC(F)(F)F)c2)c(Br)cc1=O. The Bertz CT molecular complexity index is 710. The minimum atomic E-state index is -4.66. The molecule has 0 unspecified atom stereocenters. The Morgan fingerprint density at radius 1 is 1.29 bits per heavy atom. The lowest BCUT2D eigenvalue weighted by Gasteiger charge is -2.10. The number of ether oxygens (including phenoxy) is 1. The first-order valence-electron chi connectivity index (χ1n) is 5.92. The largest absolute Gasteiger partial charge is 0.522 e. The van der Waals surface area contributed by atoms with Gasteiger partial charge in [0.25, 0.3) is 5.56 Å². The van der Waals surface area contributed by atoms with E-state index in [4.69, 9.17) is 0 Å². The molecule has 0 N–H and O–H groups in total. The Hall–Kier alpha value is -1.60. The summed E-state index contributed by atoms with van der Waals surface area (Å²) in [5.41, 5.74) is 1.62. The van der Waals surface area contributed by atoms with Crippen LogP contribution in [0.1, 0.15) is 5.56 Å². The number of benzene rings is 1. The number of aromatic nitrogens is 1. The molecule has 0 saturated carbocycles. The van der Waals surface area contributed by atoms with Crippen molar-refractivity contribution in [2.45, 2.75) is 13.0 Å². The van der Waals surface area contributed by atoms with Crippen LogP contribution in [0.4, 0.5) is 13.2 Å². The highest BCUT2D eigenvalue weighted by Gasteiger charge is 2.28. The second-order valence-corrected chi connectivity index (χ2v) is 5.27. The van der Waals surface area contributed by atoms with Gasteiger partial charge in [-0.05, 0) is 33.1 Å². The van der Waals surface area contributed by atoms with Crippen molar-refractivity contribution < 1.29 is 17.9 Å². The number of rotatable bonds is 3. The van der Waals surface area contributed by atoms with E-state index >= 15 is 0 Å². The predicted octanol–water partition coefficient (Wildman–Crippen LogP) is 3.85. The third-order valence-corrected chi connectivity index (χ3v) is 3.47. The van der Waals surface area contributed by atoms with Crippen molar-refractivity contribution in [3.8, 4) is 11.1 Å². The maximum Gasteiger partial charge on any atom is 0.522 e. The summed E-state index contributed by atoms with van der Waals surface area (Å²) >= 11 is 3.29. The summed E-state index contributed by atoms with van der Waals surface area (Å²) in [6.45, 7) is -0.555. The average molecular weight is 362 g/mol. The number of hydrogen-bond acceptors (Lipinski definition) is 2. The highest BCUT2D eigenvalue weighted by molar-refractivity contribution is 9.10. The van der Waals surface area contributed by atoms with Gasteiger partial charge in [-0.1, -0.05) is 18.2 Å². The number of aryl methyl sites for hydroxylation is 1. The Morgan fingerprint density at radius 3 is 2.67 bits per heavy atom. The van der Waals surface area contributed by atoms with E-state index in [9.17, 15) is 18.0 Å². The molecule has 0 atom stereocenters. The first-order valence-corrected chi connectivity index (χ1v) is 6.72. The summed E-state index contributed by atoms with van der Waals surface area (Å²) < 4.78 is 42.0. The van der Waals surface area contributed by atoms with E-state index in [0.29, 0.717) is 21.2 Å². The van der Waals surface area contributed by atoms with Gasteiger partial charge in [-0.15, -0.1) is 13.2 Å². The van der Waals surface area contributed by atoms with Crippen molar-refractivity contribution in [1.29, 1.82) is 0 Å². The van der Waals surface area contributed by atoms with Crippen molar-refractivity contribution in [2.24, 2.45) is 7.05 Å². The molecule has 112 valence electrons. The van der Waals surface area contributed by atoms with E-state index in [0.717, 1.165) is 0 Å². The summed E-state index contributed by atoms with van der Waals surface area (Å²) in [6.07, 6.45) is -3.04. The Kier molecular flexibility index (Phi) is 4.53. The third-order valence-electron chi connectivity index (χ3n) is 2.82. The molecular formula is C14H11BrF3NO2. The first kappa shape index (κ1) is 15.8. The summed E-state index contributed by atoms with van der Waals surface area (Å²) in [5, 5.41) is 0. The Balaban J connectivity index is 2.33. The molecule has 0 saturated heterocycles. The quantitative estimate of drug-likeness (QED) is 0.831. The van der Waals surface area contributed by atoms with Gasteiger partial charge >= 0.3 is 6.36 Å². The van der Waals surface area contributed by atoms with E-state index in [1.165, 1.54) is 10.6 Å². The van der Waals surface area contributed by atoms with Crippen LogP contribution in [0.3, 0.4) is 0 Å². The van der Waals surface area contributed by atoms with Crippen molar-refractivity contribution in [1.82, 2.24) is 4.57 Å². The maximum absolute atomic E-state index is 12.1. The van der Waals surface area contributed by atoms with E-state index in [-0.39, 0.29) is 5.56 Å². The minimum absolute atomic E-state index is 0.179. The molecule has 2 rings (SSSR count). The maximum atomic E-state index is 12.1. The zero-order valence-corrected chi connectivity index (χ0v) is 12.5. The number of nitrogens with zero attached hydrogens (tertiary/aromatic N) is 1. The molecule has 3 nitrogen and oxygen atoms in total. The number of alkyl halides is 3. The average Bonchev–Trinajstić information content (AvgIpc) is 2.40.